The van der Waals surface area contributed by atoms with E-state index in [0.717, 1.165) is 5.39 Å². The summed E-state index contributed by atoms with van der Waals surface area (Å²) in [5, 5.41) is 34.1. The fourth-order valence-electron chi connectivity index (χ4n) is 3.28. The Hall–Kier alpha value is -2.76. The van der Waals surface area contributed by atoms with Crippen LogP contribution in [-0.4, -0.2) is 21.2 Å². The largest absolute Gasteiger partial charge is 0.386 e. The molecule has 1 aliphatic rings. The third-order valence-electron chi connectivity index (χ3n) is 4.38. The molecule has 0 aliphatic heterocycles. The number of fused-ring (bicyclic) bond motifs is 4. The monoisotopic (exact) mass is 307 g/mol. The minimum Gasteiger partial charge on any atom is -0.386 e. The van der Waals surface area contributed by atoms with Gasteiger partial charge >= 0.3 is 0 Å². The van der Waals surface area contributed by atoms with Gasteiger partial charge in [-0.25, -0.2) is 0 Å². The van der Waals surface area contributed by atoms with Gasteiger partial charge in [-0.05, 0) is 40.1 Å². The topological polar surface area (TPSA) is 83.6 Å². The van der Waals surface area contributed by atoms with Crippen LogP contribution in [0.15, 0.2) is 48.5 Å². The molecule has 0 heterocycles. The van der Waals surface area contributed by atoms with E-state index in [-0.39, 0.29) is 10.6 Å². The van der Waals surface area contributed by atoms with Crippen molar-refractivity contribution < 1.29 is 15.1 Å². The number of hydrogen-bond donors (Lipinski definition) is 2. The molecule has 0 unspecified atom stereocenters. The van der Waals surface area contributed by atoms with Gasteiger partial charge in [0.1, 0.15) is 12.2 Å². The highest BCUT2D eigenvalue weighted by Gasteiger charge is 2.26. The lowest BCUT2D eigenvalue weighted by Gasteiger charge is -2.23. The summed E-state index contributed by atoms with van der Waals surface area (Å²) in [6, 6.07) is 12.4. The minimum absolute atomic E-state index is 0.0647. The lowest BCUT2D eigenvalue weighted by Crippen LogP contribution is -2.19. The molecule has 4 rings (SSSR count). The van der Waals surface area contributed by atoms with Gasteiger partial charge in [0.2, 0.25) is 0 Å². The zero-order chi connectivity index (χ0) is 16.1. The van der Waals surface area contributed by atoms with E-state index in [1.807, 2.05) is 18.2 Å². The number of nitro groups is 1. The number of rotatable bonds is 1. The summed E-state index contributed by atoms with van der Waals surface area (Å²) < 4.78 is 0. The Balaban J connectivity index is 2.19. The second-order valence-corrected chi connectivity index (χ2v) is 5.66. The standard InChI is InChI=1S/C18H13NO4/c20-16-8-7-12-14(18(16)21)6-5-13-15(12)9-10-3-1-2-4-11(10)17(13)19(22)23/h1-9,16,18,20-21H/t16-,18-/m1/s1. The molecule has 3 aromatic rings. The summed E-state index contributed by atoms with van der Waals surface area (Å²) in [7, 11) is 0. The summed E-state index contributed by atoms with van der Waals surface area (Å²) in [6.45, 7) is 0. The molecule has 5 nitrogen and oxygen atoms in total. The maximum atomic E-state index is 11.6. The van der Waals surface area contributed by atoms with E-state index in [9.17, 15) is 20.3 Å². The third-order valence-corrected chi connectivity index (χ3v) is 4.38. The van der Waals surface area contributed by atoms with Gasteiger partial charge in [-0.3, -0.25) is 10.1 Å². The predicted molar refractivity (Wildman–Crippen MR) is 88.1 cm³/mol. The molecule has 0 fully saturated rings. The Morgan fingerprint density at radius 1 is 1.00 bits per heavy atom. The van der Waals surface area contributed by atoms with E-state index in [1.54, 1.807) is 30.3 Å². The SMILES string of the molecule is O=[N+]([O-])c1c2ccccc2cc2c3c(ccc12)[C@@H](O)[C@H](O)C=C3. The van der Waals surface area contributed by atoms with Crippen molar-refractivity contribution in [2.45, 2.75) is 12.2 Å². The summed E-state index contributed by atoms with van der Waals surface area (Å²) in [5.74, 6) is 0. The summed E-state index contributed by atoms with van der Waals surface area (Å²) in [6.07, 6.45) is 1.24. The average molecular weight is 307 g/mol. The summed E-state index contributed by atoms with van der Waals surface area (Å²) in [4.78, 5) is 11.2. The van der Waals surface area contributed by atoms with Crippen molar-refractivity contribution in [3.63, 3.8) is 0 Å². The summed E-state index contributed by atoms with van der Waals surface area (Å²) in [5.41, 5.74) is 1.36. The highest BCUT2D eigenvalue weighted by atomic mass is 16.6. The van der Waals surface area contributed by atoms with Gasteiger partial charge in [-0.1, -0.05) is 36.4 Å². The quantitative estimate of drug-likeness (QED) is 0.410. The van der Waals surface area contributed by atoms with Crippen molar-refractivity contribution in [1.29, 1.82) is 0 Å². The molecular formula is C18H13NO4. The van der Waals surface area contributed by atoms with E-state index in [0.29, 0.717) is 27.3 Å². The molecule has 1 aliphatic carbocycles. The molecule has 2 N–H and O–H groups in total. The number of aliphatic hydroxyl groups excluding tert-OH is 2. The van der Waals surface area contributed by atoms with Crippen molar-refractivity contribution >= 4 is 33.3 Å². The molecule has 0 saturated carbocycles. The van der Waals surface area contributed by atoms with Crippen LogP contribution in [0.5, 0.6) is 0 Å². The fourth-order valence-corrected chi connectivity index (χ4v) is 3.28. The van der Waals surface area contributed by atoms with E-state index in [1.165, 1.54) is 6.08 Å². The molecule has 0 radical (unpaired) electrons. The number of hydrogen-bond acceptors (Lipinski definition) is 4. The second-order valence-electron chi connectivity index (χ2n) is 5.66. The van der Waals surface area contributed by atoms with E-state index >= 15 is 0 Å². The van der Waals surface area contributed by atoms with Crippen LogP contribution in [0.4, 0.5) is 5.69 Å². The van der Waals surface area contributed by atoms with Crippen molar-refractivity contribution in [2.24, 2.45) is 0 Å². The Morgan fingerprint density at radius 3 is 2.57 bits per heavy atom. The van der Waals surface area contributed by atoms with Crippen molar-refractivity contribution in [3.05, 3.63) is 69.8 Å². The lowest BCUT2D eigenvalue weighted by molar-refractivity contribution is -0.381. The van der Waals surface area contributed by atoms with Crippen molar-refractivity contribution in [3.8, 4) is 0 Å². The fraction of sp³-hybridized carbons (Fsp3) is 0.111. The number of nitro benzene ring substituents is 1. The second kappa shape index (κ2) is 4.87. The van der Waals surface area contributed by atoms with Crippen molar-refractivity contribution in [2.75, 3.05) is 0 Å². The molecule has 114 valence electrons. The summed E-state index contributed by atoms with van der Waals surface area (Å²) >= 11 is 0. The van der Waals surface area contributed by atoms with Crippen LogP contribution in [-0.2, 0) is 0 Å². The third kappa shape index (κ3) is 1.94. The molecule has 23 heavy (non-hydrogen) atoms. The van der Waals surface area contributed by atoms with Gasteiger partial charge in [-0.15, -0.1) is 0 Å². The Morgan fingerprint density at radius 2 is 1.78 bits per heavy atom. The van der Waals surface area contributed by atoms with Crippen LogP contribution in [0.1, 0.15) is 17.2 Å². The Labute approximate surface area is 131 Å². The molecule has 0 bridgehead atoms. The minimum atomic E-state index is -1.02. The number of nitrogens with zero attached hydrogens (tertiary/aromatic N) is 1. The van der Waals surface area contributed by atoms with Gasteiger partial charge in [0.15, 0.2) is 0 Å². The zero-order valence-corrected chi connectivity index (χ0v) is 12.0. The maximum Gasteiger partial charge on any atom is 0.284 e. The average Bonchev–Trinajstić information content (AvgIpc) is 2.55. The van der Waals surface area contributed by atoms with Crippen LogP contribution in [0.25, 0.3) is 27.6 Å². The molecular weight excluding hydrogens is 294 g/mol. The molecule has 0 aromatic heterocycles. The molecule has 0 amide bonds. The van der Waals surface area contributed by atoms with E-state index in [4.69, 9.17) is 0 Å². The molecule has 0 spiro atoms. The van der Waals surface area contributed by atoms with Crippen LogP contribution in [0.2, 0.25) is 0 Å². The van der Waals surface area contributed by atoms with E-state index in [2.05, 4.69) is 0 Å². The predicted octanol–water partition coefficient (Wildman–Crippen LogP) is 3.32. The Bertz CT molecular complexity index is 993. The first-order valence-electron chi connectivity index (χ1n) is 7.25. The number of aliphatic hydroxyl groups is 2. The smallest absolute Gasteiger partial charge is 0.284 e. The van der Waals surface area contributed by atoms with Crippen LogP contribution in [0.3, 0.4) is 0 Å². The first-order chi connectivity index (χ1) is 11.1. The first kappa shape index (κ1) is 13.9. The molecule has 3 aromatic carbocycles. The van der Waals surface area contributed by atoms with Gasteiger partial charge in [-0.2, -0.15) is 0 Å². The van der Waals surface area contributed by atoms with Crippen LogP contribution >= 0.6 is 0 Å². The van der Waals surface area contributed by atoms with Crippen molar-refractivity contribution in [1.82, 2.24) is 0 Å². The normalized spacial score (nSPS) is 19.9. The van der Waals surface area contributed by atoms with Gasteiger partial charge in [0, 0.05) is 0 Å². The van der Waals surface area contributed by atoms with E-state index < -0.39 is 12.2 Å². The lowest BCUT2D eigenvalue weighted by atomic mass is 9.87. The molecule has 5 heteroatoms. The first-order valence-corrected chi connectivity index (χ1v) is 7.25. The number of non-ortho nitro benzene ring substituents is 1. The molecule has 2 atom stereocenters. The van der Waals surface area contributed by atoms with Gasteiger partial charge in [0.05, 0.1) is 15.7 Å². The van der Waals surface area contributed by atoms with Gasteiger partial charge < -0.3 is 10.2 Å². The maximum absolute atomic E-state index is 11.6. The zero-order valence-electron chi connectivity index (χ0n) is 12.0. The highest BCUT2D eigenvalue weighted by Crippen LogP contribution is 2.40. The van der Waals surface area contributed by atoms with Crippen LogP contribution < -0.4 is 0 Å². The number of benzene rings is 3. The van der Waals surface area contributed by atoms with Gasteiger partial charge in [0.25, 0.3) is 5.69 Å². The van der Waals surface area contributed by atoms with Crippen LogP contribution in [0, 0.1) is 10.1 Å². The Kier molecular flexibility index (Phi) is 2.94. The molecule has 0 saturated heterocycles. The highest BCUT2D eigenvalue weighted by molar-refractivity contribution is 6.10.